The molecule has 2 rings (SSSR count). The molecule has 1 aromatic rings. The quantitative estimate of drug-likeness (QED) is 0.810. The van der Waals surface area contributed by atoms with E-state index in [1.165, 1.54) is 18.1 Å². The Morgan fingerprint density at radius 1 is 1.35 bits per heavy atom. The summed E-state index contributed by atoms with van der Waals surface area (Å²) in [5, 5.41) is 2.95. The molecule has 3 nitrogen and oxygen atoms in total. The number of amides is 1. The van der Waals surface area contributed by atoms with Crippen LogP contribution >= 0.6 is 0 Å². The van der Waals surface area contributed by atoms with Crippen LogP contribution in [0.5, 0.6) is 0 Å². The van der Waals surface area contributed by atoms with Crippen LogP contribution in [0.25, 0.3) is 0 Å². The highest BCUT2D eigenvalue weighted by atomic mass is 16.2. The van der Waals surface area contributed by atoms with Gasteiger partial charge in [-0.1, -0.05) is 24.3 Å². The van der Waals surface area contributed by atoms with Crippen LogP contribution in [0.2, 0.25) is 0 Å². The molecule has 0 aliphatic heterocycles. The van der Waals surface area contributed by atoms with Crippen molar-refractivity contribution in [3.05, 3.63) is 35.4 Å². The lowest BCUT2D eigenvalue weighted by Gasteiger charge is -2.26. The Balaban J connectivity index is 2.08. The molecule has 1 atom stereocenters. The maximum absolute atomic E-state index is 11.6. The average molecular weight is 231 g/mol. The van der Waals surface area contributed by atoms with E-state index in [0.717, 1.165) is 19.3 Å². The van der Waals surface area contributed by atoms with Crippen LogP contribution in [0, 0.1) is 0 Å². The topological polar surface area (TPSA) is 46.2 Å². The molecule has 0 aromatic heterocycles. The Labute approximate surface area is 101 Å². The molecule has 90 valence electrons. The van der Waals surface area contributed by atoms with Gasteiger partial charge in [-0.2, -0.15) is 0 Å². The molecule has 0 fully saturated rings. The summed E-state index contributed by atoms with van der Waals surface area (Å²) in [6, 6.07) is 8.27. The predicted molar refractivity (Wildman–Crippen MR) is 65.6 cm³/mol. The lowest BCUT2D eigenvalue weighted by Crippen LogP contribution is -2.31. The molecule has 0 saturated carbocycles. The molecule has 0 heterocycles. The molecule has 1 amide bonds. The highest BCUT2D eigenvalue weighted by Crippen LogP contribution is 2.29. The number of hydrogen-bond donors (Lipinski definition) is 1. The minimum atomic E-state index is -0.167. The highest BCUT2D eigenvalue weighted by molar-refractivity contribution is 5.96. The predicted octanol–water partition coefficient (Wildman–Crippen LogP) is 2.16. The third kappa shape index (κ3) is 2.93. The molecule has 1 aliphatic carbocycles. The molecule has 1 aromatic carbocycles. The van der Waals surface area contributed by atoms with Crippen LogP contribution in [0.3, 0.4) is 0 Å². The fourth-order valence-electron chi connectivity index (χ4n) is 2.38. The second-order valence-corrected chi connectivity index (χ2v) is 4.59. The second kappa shape index (κ2) is 5.13. The van der Waals surface area contributed by atoms with Gasteiger partial charge in [-0.25, -0.2) is 0 Å². The molecule has 0 radical (unpaired) electrons. The van der Waals surface area contributed by atoms with E-state index >= 15 is 0 Å². The van der Waals surface area contributed by atoms with Gasteiger partial charge in [0.25, 0.3) is 0 Å². The van der Waals surface area contributed by atoms with E-state index in [-0.39, 0.29) is 24.2 Å². The third-order valence-electron chi connectivity index (χ3n) is 3.11. The number of nitrogens with one attached hydrogen (secondary N) is 1. The summed E-state index contributed by atoms with van der Waals surface area (Å²) < 4.78 is 0. The average Bonchev–Trinajstić information content (AvgIpc) is 2.28. The van der Waals surface area contributed by atoms with Crippen LogP contribution in [-0.4, -0.2) is 11.7 Å². The Hall–Kier alpha value is -1.64. The van der Waals surface area contributed by atoms with Gasteiger partial charge >= 0.3 is 0 Å². The van der Waals surface area contributed by atoms with Crippen molar-refractivity contribution >= 4 is 11.7 Å². The van der Waals surface area contributed by atoms with E-state index in [1.54, 1.807) is 0 Å². The molecular formula is C14H17NO2. The van der Waals surface area contributed by atoms with Crippen molar-refractivity contribution in [2.24, 2.45) is 0 Å². The summed E-state index contributed by atoms with van der Waals surface area (Å²) in [6.07, 6.45) is 3.11. The molecular weight excluding hydrogens is 214 g/mol. The van der Waals surface area contributed by atoms with Gasteiger partial charge in [0.2, 0.25) is 5.91 Å². The van der Waals surface area contributed by atoms with Gasteiger partial charge in [0.15, 0.2) is 0 Å². The molecule has 0 bridgehead atoms. The maximum Gasteiger partial charge on any atom is 0.227 e. The van der Waals surface area contributed by atoms with Crippen molar-refractivity contribution < 1.29 is 9.59 Å². The summed E-state index contributed by atoms with van der Waals surface area (Å²) >= 11 is 0. The Bertz CT molecular complexity index is 440. The second-order valence-electron chi connectivity index (χ2n) is 4.59. The third-order valence-corrected chi connectivity index (χ3v) is 3.11. The van der Waals surface area contributed by atoms with Gasteiger partial charge in [-0.05, 0) is 37.3 Å². The summed E-state index contributed by atoms with van der Waals surface area (Å²) in [4.78, 5) is 22.5. The van der Waals surface area contributed by atoms with Crippen LogP contribution in [-0.2, 0) is 16.0 Å². The van der Waals surface area contributed by atoms with E-state index in [1.807, 2.05) is 12.1 Å². The molecule has 1 aliphatic rings. The summed E-state index contributed by atoms with van der Waals surface area (Å²) in [6.45, 7) is 1.44. The van der Waals surface area contributed by atoms with Gasteiger partial charge in [-0.3, -0.25) is 9.59 Å². The van der Waals surface area contributed by atoms with Crippen molar-refractivity contribution in [2.45, 2.75) is 38.6 Å². The maximum atomic E-state index is 11.6. The Morgan fingerprint density at radius 3 is 2.88 bits per heavy atom. The number of rotatable bonds is 3. The van der Waals surface area contributed by atoms with Gasteiger partial charge < -0.3 is 5.32 Å². The lowest BCUT2D eigenvalue weighted by molar-refractivity contribution is -0.127. The number of benzene rings is 1. The summed E-state index contributed by atoms with van der Waals surface area (Å²) in [5.74, 6) is -0.259. The first-order valence-corrected chi connectivity index (χ1v) is 6.03. The van der Waals surface area contributed by atoms with E-state index in [0.29, 0.717) is 0 Å². The van der Waals surface area contributed by atoms with Crippen molar-refractivity contribution in [3.8, 4) is 0 Å². The Morgan fingerprint density at radius 2 is 2.12 bits per heavy atom. The lowest BCUT2D eigenvalue weighted by atomic mass is 9.87. The van der Waals surface area contributed by atoms with Gasteiger partial charge in [-0.15, -0.1) is 0 Å². The van der Waals surface area contributed by atoms with Crippen LogP contribution in [0.15, 0.2) is 24.3 Å². The number of Topliss-reactive ketones (excluding diaryl/α,β-unsaturated/α-hetero) is 1. The minimum Gasteiger partial charge on any atom is -0.349 e. The fourth-order valence-corrected chi connectivity index (χ4v) is 2.38. The first-order valence-electron chi connectivity index (χ1n) is 6.03. The van der Waals surface area contributed by atoms with Gasteiger partial charge in [0, 0.05) is 0 Å². The molecule has 0 spiro atoms. The van der Waals surface area contributed by atoms with Crippen molar-refractivity contribution in [3.63, 3.8) is 0 Å². The van der Waals surface area contributed by atoms with Crippen molar-refractivity contribution in [1.29, 1.82) is 0 Å². The largest absolute Gasteiger partial charge is 0.349 e. The Kier molecular flexibility index (Phi) is 3.57. The van der Waals surface area contributed by atoms with Crippen LogP contribution < -0.4 is 5.32 Å². The molecule has 0 saturated heterocycles. The number of ketones is 1. The molecule has 1 unspecified atom stereocenters. The SMILES string of the molecule is CC(=O)CC(=O)NC1CCCc2ccccc21. The van der Waals surface area contributed by atoms with Crippen molar-refractivity contribution in [1.82, 2.24) is 5.32 Å². The first kappa shape index (κ1) is 11.8. The van der Waals surface area contributed by atoms with E-state index in [2.05, 4.69) is 17.4 Å². The number of carbonyl (C=O) groups is 2. The molecule has 3 heteroatoms. The smallest absolute Gasteiger partial charge is 0.227 e. The molecule has 1 N–H and O–H groups in total. The van der Waals surface area contributed by atoms with E-state index in [9.17, 15) is 9.59 Å². The standard InChI is InChI=1S/C14H17NO2/c1-10(16)9-14(17)15-13-8-4-6-11-5-2-3-7-12(11)13/h2-3,5,7,13H,4,6,8-9H2,1H3,(H,15,17). The fraction of sp³-hybridized carbons (Fsp3) is 0.429. The van der Waals surface area contributed by atoms with E-state index < -0.39 is 0 Å². The zero-order valence-corrected chi connectivity index (χ0v) is 10.0. The zero-order valence-electron chi connectivity index (χ0n) is 10.0. The molecule has 17 heavy (non-hydrogen) atoms. The van der Waals surface area contributed by atoms with Gasteiger partial charge in [0.1, 0.15) is 5.78 Å². The highest BCUT2D eigenvalue weighted by Gasteiger charge is 2.21. The number of aryl methyl sites for hydroxylation is 1. The van der Waals surface area contributed by atoms with Crippen molar-refractivity contribution in [2.75, 3.05) is 0 Å². The summed E-state index contributed by atoms with van der Waals surface area (Å²) in [7, 11) is 0. The minimum absolute atomic E-state index is 0.0152. The zero-order chi connectivity index (χ0) is 12.3. The van der Waals surface area contributed by atoms with Gasteiger partial charge in [0.05, 0.1) is 12.5 Å². The number of carbonyl (C=O) groups excluding carboxylic acids is 2. The summed E-state index contributed by atoms with van der Waals surface area (Å²) in [5.41, 5.74) is 2.52. The number of fused-ring (bicyclic) bond motifs is 1. The first-order chi connectivity index (χ1) is 8.16. The normalized spacial score (nSPS) is 18.3. The van der Waals surface area contributed by atoms with E-state index in [4.69, 9.17) is 0 Å². The van der Waals surface area contributed by atoms with Crippen LogP contribution in [0.4, 0.5) is 0 Å². The number of hydrogen-bond acceptors (Lipinski definition) is 2. The monoisotopic (exact) mass is 231 g/mol. The van der Waals surface area contributed by atoms with Crippen LogP contribution in [0.1, 0.15) is 43.4 Å².